The molecule has 4 heteroatoms. The molecule has 0 aromatic rings. The molecule has 0 radical (unpaired) electrons. The van der Waals surface area contributed by atoms with Crippen LogP contribution in [0.15, 0.2) is 0 Å². The number of hydrogen-bond donors (Lipinski definition) is 1. The highest BCUT2D eigenvalue weighted by Crippen LogP contribution is 2.41. The number of hydrogen-bond acceptors (Lipinski definition) is 2. The van der Waals surface area contributed by atoms with E-state index in [1.807, 2.05) is 20.8 Å². The number of rotatable bonds is 4. The van der Waals surface area contributed by atoms with E-state index in [0.29, 0.717) is 6.42 Å². The van der Waals surface area contributed by atoms with E-state index in [4.69, 9.17) is 5.11 Å². The van der Waals surface area contributed by atoms with Gasteiger partial charge in [0.25, 0.3) is 0 Å². The monoisotopic (exact) mass is 213 g/mol. The number of carbonyl (C=O) groups excluding carboxylic acids is 1. The van der Waals surface area contributed by atoms with Crippen molar-refractivity contribution in [3.05, 3.63) is 0 Å². The SMILES string of the molecule is CCC(C)(C)N(C)C(=O)[C@@H]1C[C@@H]1C(=O)O. The van der Waals surface area contributed by atoms with Crippen molar-refractivity contribution >= 4 is 11.9 Å². The number of carboxylic acids is 1. The lowest BCUT2D eigenvalue weighted by atomic mass is 9.99. The van der Waals surface area contributed by atoms with Gasteiger partial charge in [0.2, 0.25) is 5.91 Å². The Balaban J connectivity index is 2.60. The Kier molecular flexibility index (Phi) is 3.07. The lowest BCUT2D eigenvalue weighted by Gasteiger charge is -2.35. The molecule has 0 heterocycles. The van der Waals surface area contributed by atoms with Gasteiger partial charge in [-0.05, 0) is 26.7 Å². The number of amides is 1. The van der Waals surface area contributed by atoms with Crippen molar-refractivity contribution < 1.29 is 14.7 Å². The van der Waals surface area contributed by atoms with Crippen LogP contribution >= 0.6 is 0 Å². The summed E-state index contributed by atoms with van der Waals surface area (Å²) in [5.74, 6) is -1.63. The highest BCUT2D eigenvalue weighted by Gasteiger charge is 2.50. The van der Waals surface area contributed by atoms with Crippen LogP contribution in [0, 0.1) is 11.8 Å². The number of nitrogens with zero attached hydrogens (tertiary/aromatic N) is 1. The molecule has 1 aliphatic rings. The predicted molar refractivity (Wildman–Crippen MR) is 56.4 cm³/mol. The number of aliphatic carboxylic acids is 1. The number of carbonyl (C=O) groups is 2. The van der Waals surface area contributed by atoms with Gasteiger partial charge in [-0.3, -0.25) is 9.59 Å². The molecule has 0 aliphatic heterocycles. The molecule has 1 saturated carbocycles. The largest absolute Gasteiger partial charge is 0.481 e. The van der Waals surface area contributed by atoms with Gasteiger partial charge in [-0.25, -0.2) is 0 Å². The average molecular weight is 213 g/mol. The van der Waals surface area contributed by atoms with Crippen molar-refractivity contribution in [1.82, 2.24) is 4.90 Å². The molecule has 0 bridgehead atoms. The summed E-state index contributed by atoms with van der Waals surface area (Å²) in [6.07, 6.45) is 1.36. The second-order valence-corrected chi connectivity index (χ2v) is 4.85. The van der Waals surface area contributed by atoms with Crippen molar-refractivity contribution in [2.45, 2.75) is 39.2 Å². The Morgan fingerprint density at radius 1 is 1.40 bits per heavy atom. The van der Waals surface area contributed by atoms with Crippen molar-refractivity contribution in [3.8, 4) is 0 Å². The lowest BCUT2D eigenvalue weighted by molar-refractivity contribution is -0.143. The first kappa shape index (κ1) is 12.0. The fraction of sp³-hybridized carbons (Fsp3) is 0.818. The molecule has 1 aliphatic carbocycles. The molecule has 4 nitrogen and oxygen atoms in total. The Bertz CT molecular complexity index is 286. The maximum atomic E-state index is 11.9. The van der Waals surface area contributed by atoms with E-state index in [-0.39, 0.29) is 17.4 Å². The Labute approximate surface area is 90.3 Å². The smallest absolute Gasteiger partial charge is 0.307 e. The zero-order valence-corrected chi connectivity index (χ0v) is 9.78. The van der Waals surface area contributed by atoms with Crippen molar-refractivity contribution in [3.63, 3.8) is 0 Å². The summed E-state index contributed by atoms with van der Waals surface area (Å²) < 4.78 is 0. The van der Waals surface area contributed by atoms with Gasteiger partial charge in [-0.15, -0.1) is 0 Å². The molecule has 0 spiro atoms. The molecule has 1 rings (SSSR count). The summed E-state index contributed by atoms with van der Waals surface area (Å²) in [6.45, 7) is 6.00. The first-order chi connectivity index (χ1) is 6.81. The summed E-state index contributed by atoms with van der Waals surface area (Å²) in [4.78, 5) is 24.2. The van der Waals surface area contributed by atoms with Gasteiger partial charge >= 0.3 is 5.97 Å². The van der Waals surface area contributed by atoms with Gasteiger partial charge in [0.15, 0.2) is 0 Å². The maximum absolute atomic E-state index is 11.9. The van der Waals surface area contributed by atoms with E-state index in [9.17, 15) is 9.59 Å². The third-order valence-electron chi connectivity index (χ3n) is 3.53. The molecule has 2 atom stereocenters. The van der Waals surface area contributed by atoms with Crippen molar-refractivity contribution in [1.29, 1.82) is 0 Å². The summed E-state index contributed by atoms with van der Waals surface area (Å²) in [5, 5.41) is 8.74. The van der Waals surface area contributed by atoms with Crippen LogP contribution in [0.1, 0.15) is 33.6 Å². The summed E-state index contributed by atoms with van der Waals surface area (Å²) >= 11 is 0. The molecule has 0 unspecified atom stereocenters. The Morgan fingerprint density at radius 3 is 2.27 bits per heavy atom. The van der Waals surface area contributed by atoms with Gasteiger partial charge in [0, 0.05) is 12.6 Å². The predicted octanol–water partition coefficient (Wildman–Crippen LogP) is 1.35. The Hall–Kier alpha value is -1.06. The van der Waals surface area contributed by atoms with Gasteiger partial charge in [0.05, 0.1) is 11.8 Å². The normalized spacial score (nSPS) is 24.8. The molecule has 86 valence electrons. The number of carboxylic acid groups (broad SMARTS) is 1. The van der Waals surface area contributed by atoms with E-state index in [2.05, 4.69) is 0 Å². The molecule has 1 N–H and O–H groups in total. The van der Waals surface area contributed by atoms with Crippen LogP contribution in [0.25, 0.3) is 0 Å². The van der Waals surface area contributed by atoms with Gasteiger partial charge in [-0.2, -0.15) is 0 Å². The quantitative estimate of drug-likeness (QED) is 0.767. The fourth-order valence-corrected chi connectivity index (χ4v) is 1.53. The van der Waals surface area contributed by atoms with E-state index in [1.54, 1.807) is 11.9 Å². The first-order valence-corrected chi connectivity index (χ1v) is 5.31. The zero-order valence-electron chi connectivity index (χ0n) is 9.78. The van der Waals surface area contributed by atoms with E-state index in [0.717, 1.165) is 6.42 Å². The summed E-state index contributed by atoms with van der Waals surface area (Å²) in [6, 6.07) is 0. The minimum Gasteiger partial charge on any atom is -0.481 e. The minimum atomic E-state index is -0.851. The molecule has 0 saturated heterocycles. The second kappa shape index (κ2) is 3.83. The second-order valence-electron chi connectivity index (χ2n) is 4.85. The van der Waals surface area contributed by atoms with Crippen LogP contribution in [-0.2, 0) is 9.59 Å². The highest BCUT2D eigenvalue weighted by atomic mass is 16.4. The zero-order chi connectivity index (χ0) is 11.8. The van der Waals surface area contributed by atoms with E-state index >= 15 is 0 Å². The molecule has 1 fully saturated rings. The van der Waals surface area contributed by atoms with Crippen LogP contribution in [-0.4, -0.2) is 34.5 Å². The van der Waals surface area contributed by atoms with E-state index < -0.39 is 11.9 Å². The molecular weight excluding hydrogens is 194 g/mol. The molecular formula is C11H19NO3. The molecule has 0 aromatic heterocycles. The lowest BCUT2D eigenvalue weighted by Crippen LogP contribution is -2.45. The van der Waals surface area contributed by atoms with Crippen molar-refractivity contribution in [2.24, 2.45) is 11.8 Å². The van der Waals surface area contributed by atoms with Crippen molar-refractivity contribution in [2.75, 3.05) is 7.05 Å². The van der Waals surface area contributed by atoms with Crippen LogP contribution in [0.2, 0.25) is 0 Å². The van der Waals surface area contributed by atoms with Gasteiger partial charge < -0.3 is 10.0 Å². The highest BCUT2D eigenvalue weighted by molar-refractivity contribution is 5.89. The third kappa shape index (κ3) is 2.30. The van der Waals surface area contributed by atoms with E-state index in [1.165, 1.54) is 0 Å². The summed E-state index contributed by atoms with van der Waals surface area (Å²) in [5.41, 5.74) is -0.192. The maximum Gasteiger partial charge on any atom is 0.307 e. The van der Waals surface area contributed by atoms with Crippen LogP contribution in [0.3, 0.4) is 0 Å². The van der Waals surface area contributed by atoms with Crippen LogP contribution in [0.4, 0.5) is 0 Å². The van der Waals surface area contributed by atoms with Gasteiger partial charge in [-0.1, -0.05) is 6.92 Å². The fourth-order valence-electron chi connectivity index (χ4n) is 1.53. The minimum absolute atomic E-state index is 0.0331. The van der Waals surface area contributed by atoms with Crippen LogP contribution < -0.4 is 0 Å². The molecule has 0 aromatic carbocycles. The first-order valence-electron chi connectivity index (χ1n) is 5.31. The average Bonchev–Trinajstić information content (AvgIpc) is 2.95. The third-order valence-corrected chi connectivity index (χ3v) is 3.53. The molecule has 15 heavy (non-hydrogen) atoms. The van der Waals surface area contributed by atoms with Gasteiger partial charge in [0.1, 0.15) is 0 Å². The molecule has 1 amide bonds. The standard InChI is InChI=1S/C11H19NO3/c1-5-11(2,3)12(4)9(13)7-6-8(7)10(14)15/h7-8H,5-6H2,1-4H3,(H,14,15)/t7-,8+/m1/s1. The Morgan fingerprint density at radius 2 is 1.93 bits per heavy atom. The summed E-state index contributed by atoms with van der Waals surface area (Å²) in [7, 11) is 1.75. The van der Waals surface area contributed by atoms with Crippen LogP contribution in [0.5, 0.6) is 0 Å². The topological polar surface area (TPSA) is 57.6 Å².